The van der Waals surface area contributed by atoms with Gasteiger partial charge >= 0.3 is 0 Å². The molecule has 0 aromatic carbocycles. The summed E-state index contributed by atoms with van der Waals surface area (Å²) in [7, 11) is 0. The zero-order valence-electron chi connectivity index (χ0n) is 8.96. The Morgan fingerprint density at radius 2 is 2.33 bits per heavy atom. The zero-order valence-corrected chi connectivity index (χ0v) is 8.96. The first-order valence-electron chi connectivity index (χ1n) is 5.45. The maximum atomic E-state index is 11.6. The molecule has 1 aromatic rings. The van der Waals surface area contributed by atoms with Gasteiger partial charge < -0.3 is 4.90 Å². The molecule has 0 saturated carbocycles. The average molecular weight is 208 g/mol. The molecule has 0 radical (unpaired) electrons. The molecule has 0 unspecified atom stereocenters. The van der Waals surface area contributed by atoms with Gasteiger partial charge in [-0.05, 0) is 6.42 Å². The molecule has 0 aliphatic carbocycles. The maximum absolute atomic E-state index is 11.6. The number of carbonyl (C=O) groups is 1. The lowest BCUT2D eigenvalue weighted by atomic mass is 10.1. The van der Waals surface area contributed by atoms with Crippen molar-refractivity contribution in [2.75, 3.05) is 13.1 Å². The van der Waals surface area contributed by atoms with E-state index in [9.17, 15) is 4.79 Å². The number of likely N-dealkylation sites (tertiary alicyclic amines) is 1. The molecule has 15 heavy (non-hydrogen) atoms. The van der Waals surface area contributed by atoms with Crippen molar-refractivity contribution in [2.45, 2.75) is 32.2 Å². The van der Waals surface area contributed by atoms with Gasteiger partial charge in [-0.25, -0.2) is 4.68 Å². The molecular weight excluding hydrogens is 192 g/mol. The third-order valence-corrected chi connectivity index (χ3v) is 2.77. The fourth-order valence-corrected chi connectivity index (χ4v) is 1.72. The maximum Gasteiger partial charge on any atom is 0.222 e. The molecule has 82 valence electrons. The summed E-state index contributed by atoms with van der Waals surface area (Å²) < 4.78 is 1.82. The SMILES string of the molecule is CCCCC(=O)N1CC(n2ccnn2)C1. The Hall–Kier alpha value is -1.39. The Kier molecular flexibility index (Phi) is 2.99. The second kappa shape index (κ2) is 4.42. The second-order valence-corrected chi connectivity index (χ2v) is 3.94. The Balaban J connectivity index is 1.76. The van der Waals surface area contributed by atoms with Crippen molar-refractivity contribution in [3.8, 4) is 0 Å². The van der Waals surface area contributed by atoms with Gasteiger partial charge in [0.1, 0.15) is 0 Å². The molecule has 5 nitrogen and oxygen atoms in total. The summed E-state index contributed by atoms with van der Waals surface area (Å²) in [5.74, 6) is 0.271. The van der Waals surface area contributed by atoms with Gasteiger partial charge in [-0.3, -0.25) is 4.79 Å². The van der Waals surface area contributed by atoms with Crippen LogP contribution < -0.4 is 0 Å². The minimum absolute atomic E-state index is 0.271. The summed E-state index contributed by atoms with van der Waals surface area (Å²) in [6, 6.07) is 0.332. The average Bonchev–Trinajstić information content (AvgIpc) is 2.65. The quantitative estimate of drug-likeness (QED) is 0.737. The first-order chi connectivity index (χ1) is 7.31. The number of carbonyl (C=O) groups excluding carboxylic acids is 1. The van der Waals surface area contributed by atoms with Crippen LogP contribution in [0.15, 0.2) is 12.4 Å². The van der Waals surface area contributed by atoms with Crippen LogP contribution in [0.1, 0.15) is 32.2 Å². The number of aromatic nitrogens is 3. The first-order valence-corrected chi connectivity index (χ1v) is 5.45. The Bertz CT molecular complexity index is 316. The van der Waals surface area contributed by atoms with E-state index in [1.54, 1.807) is 6.20 Å². The van der Waals surface area contributed by atoms with Crippen LogP contribution in [0.2, 0.25) is 0 Å². The molecule has 0 N–H and O–H groups in total. The van der Waals surface area contributed by atoms with E-state index in [0.717, 1.165) is 25.9 Å². The molecule has 5 heteroatoms. The molecule has 1 aromatic heterocycles. The van der Waals surface area contributed by atoms with E-state index in [4.69, 9.17) is 0 Å². The van der Waals surface area contributed by atoms with Crippen molar-refractivity contribution in [3.63, 3.8) is 0 Å². The van der Waals surface area contributed by atoms with Crippen LogP contribution in [0.5, 0.6) is 0 Å². The summed E-state index contributed by atoms with van der Waals surface area (Å²) in [6.45, 7) is 3.67. The highest BCUT2D eigenvalue weighted by Gasteiger charge is 2.31. The normalized spacial score (nSPS) is 16.5. The third kappa shape index (κ3) is 2.16. The monoisotopic (exact) mass is 208 g/mol. The van der Waals surface area contributed by atoms with Crippen LogP contribution in [0.25, 0.3) is 0 Å². The van der Waals surface area contributed by atoms with Crippen LogP contribution in [-0.2, 0) is 4.79 Å². The molecule has 1 fully saturated rings. The number of rotatable bonds is 4. The minimum atomic E-state index is 0.271. The second-order valence-electron chi connectivity index (χ2n) is 3.94. The summed E-state index contributed by atoms with van der Waals surface area (Å²) >= 11 is 0. The van der Waals surface area contributed by atoms with E-state index in [-0.39, 0.29) is 5.91 Å². The molecule has 1 aliphatic heterocycles. The molecule has 2 heterocycles. The lowest BCUT2D eigenvalue weighted by Crippen LogP contribution is -2.50. The van der Waals surface area contributed by atoms with E-state index >= 15 is 0 Å². The van der Waals surface area contributed by atoms with Gasteiger partial charge in [0.05, 0.1) is 12.2 Å². The van der Waals surface area contributed by atoms with Crippen LogP contribution in [0.4, 0.5) is 0 Å². The number of nitrogens with zero attached hydrogens (tertiary/aromatic N) is 4. The van der Waals surface area contributed by atoms with Crippen LogP contribution >= 0.6 is 0 Å². The van der Waals surface area contributed by atoms with E-state index in [1.165, 1.54) is 0 Å². The van der Waals surface area contributed by atoms with E-state index in [0.29, 0.717) is 12.5 Å². The molecule has 0 spiro atoms. The predicted molar refractivity (Wildman–Crippen MR) is 55.2 cm³/mol. The fourth-order valence-electron chi connectivity index (χ4n) is 1.72. The first kappa shape index (κ1) is 10.1. The van der Waals surface area contributed by atoms with Crippen molar-refractivity contribution < 1.29 is 4.79 Å². The largest absolute Gasteiger partial charge is 0.338 e. The van der Waals surface area contributed by atoms with Crippen LogP contribution in [0, 0.1) is 0 Å². The number of hydrogen-bond acceptors (Lipinski definition) is 3. The van der Waals surface area contributed by atoms with Gasteiger partial charge in [-0.2, -0.15) is 0 Å². The van der Waals surface area contributed by atoms with Gasteiger partial charge in [-0.1, -0.05) is 18.6 Å². The fraction of sp³-hybridized carbons (Fsp3) is 0.700. The molecule has 1 saturated heterocycles. The standard InChI is InChI=1S/C10H16N4O/c1-2-3-4-10(15)13-7-9(8-13)14-6-5-11-12-14/h5-6,9H,2-4,7-8H2,1H3. The zero-order chi connectivity index (χ0) is 10.7. The number of amides is 1. The van der Waals surface area contributed by atoms with E-state index in [2.05, 4.69) is 17.2 Å². The highest BCUT2D eigenvalue weighted by atomic mass is 16.2. The minimum Gasteiger partial charge on any atom is -0.338 e. The third-order valence-electron chi connectivity index (χ3n) is 2.77. The van der Waals surface area contributed by atoms with E-state index < -0.39 is 0 Å². The summed E-state index contributed by atoms with van der Waals surface area (Å²) in [4.78, 5) is 13.5. The van der Waals surface area contributed by atoms with Crippen molar-refractivity contribution in [3.05, 3.63) is 12.4 Å². The Morgan fingerprint density at radius 3 is 2.93 bits per heavy atom. The van der Waals surface area contributed by atoms with Gasteiger partial charge in [0, 0.05) is 25.7 Å². The predicted octanol–water partition coefficient (Wildman–Crippen LogP) is 0.852. The van der Waals surface area contributed by atoms with Crippen molar-refractivity contribution in [2.24, 2.45) is 0 Å². The molecule has 1 aliphatic rings. The lowest BCUT2D eigenvalue weighted by Gasteiger charge is -2.38. The van der Waals surface area contributed by atoms with Gasteiger partial charge in [0.15, 0.2) is 0 Å². The van der Waals surface area contributed by atoms with Crippen molar-refractivity contribution in [1.82, 2.24) is 19.9 Å². The van der Waals surface area contributed by atoms with Gasteiger partial charge in [-0.15, -0.1) is 5.10 Å². The van der Waals surface area contributed by atoms with Crippen molar-refractivity contribution in [1.29, 1.82) is 0 Å². The summed E-state index contributed by atoms with van der Waals surface area (Å²) in [6.07, 6.45) is 6.26. The van der Waals surface area contributed by atoms with Crippen LogP contribution in [-0.4, -0.2) is 38.9 Å². The van der Waals surface area contributed by atoms with Gasteiger partial charge in [0.25, 0.3) is 0 Å². The molecule has 1 amide bonds. The van der Waals surface area contributed by atoms with Crippen LogP contribution in [0.3, 0.4) is 0 Å². The summed E-state index contributed by atoms with van der Waals surface area (Å²) in [5, 5.41) is 7.68. The number of hydrogen-bond donors (Lipinski definition) is 0. The Morgan fingerprint density at radius 1 is 1.53 bits per heavy atom. The number of unbranched alkanes of at least 4 members (excludes halogenated alkanes) is 1. The smallest absolute Gasteiger partial charge is 0.222 e. The molecule has 2 rings (SSSR count). The topological polar surface area (TPSA) is 51.0 Å². The molecular formula is C10H16N4O. The molecule has 0 bridgehead atoms. The van der Waals surface area contributed by atoms with E-state index in [1.807, 2.05) is 15.8 Å². The highest BCUT2D eigenvalue weighted by Crippen LogP contribution is 2.20. The molecule has 0 atom stereocenters. The van der Waals surface area contributed by atoms with Crippen molar-refractivity contribution >= 4 is 5.91 Å². The summed E-state index contributed by atoms with van der Waals surface area (Å²) in [5.41, 5.74) is 0. The highest BCUT2D eigenvalue weighted by molar-refractivity contribution is 5.77. The van der Waals surface area contributed by atoms with Gasteiger partial charge in [0.2, 0.25) is 5.91 Å². The lowest BCUT2D eigenvalue weighted by molar-refractivity contribution is -0.137. The Labute approximate surface area is 89.1 Å².